The third-order valence-corrected chi connectivity index (χ3v) is 3.56. The van der Waals surface area contributed by atoms with Crippen molar-refractivity contribution in [3.63, 3.8) is 0 Å². The Kier molecular flexibility index (Phi) is 4.56. The van der Waals surface area contributed by atoms with Gasteiger partial charge in [0.1, 0.15) is 17.3 Å². The minimum absolute atomic E-state index is 0.338. The number of methoxy groups -OCH3 is 1. The van der Waals surface area contributed by atoms with Crippen molar-refractivity contribution in [1.29, 1.82) is 0 Å². The second-order valence-corrected chi connectivity index (χ2v) is 5.45. The summed E-state index contributed by atoms with van der Waals surface area (Å²) in [6, 6.07) is 15.9. The molecule has 0 aliphatic carbocycles. The summed E-state index contributed by atoms with van der Waals surface area (Å²) in [6.45, 7) is 1.86. The van der Waals surface area contributed by atoms with E-state index in [2.05, 4.69) is 15.7 Å². The molecule has 128 valence electrons. The van der Waals surface area contributed by atoms with Crippen LogP contribution in [0.3, 0.4) is 0 Å². The lowest BCUT2D eigenvalue weighted by Gasteiger charge is -2.13. The summed E-state index contributed by atoms with van der Waals surface area (Å²) in [6.07, 6.45) is 0. The Morgan fingerprint density at radius 2 is 1.80 bits per heavy atom. The van der Waals surface area contributed by atoms with Gasteiger partial charge in [-0.25, -0.2) is 9.48 Å². The van der Waals surface area contributed by atoms with Gasteiger partial charge in [-0.05, 0) is 31.2 Å². The van der Waals surface area contributed by atoms with E-state index < -0.39 is 0 Å². The number of carbonyl (C=O) groups is 1. The van der Waals surface area contributed by atoms with Crippen molar-refractivity contribution in [3.8, 4) is 11.4 Å². The highest BCUT2D eigenvalue weighted by atomic mass is 16.5. The van der Waals surface area contributed by atoms with Gasteiger partial charge in [0, 0.05) is 23.5 Å². The van der Waals surface area contributed by atoms with Crippen molar-refractivity contribution in [2.45, 2.75) is 6.92 Å². The van der Waals surface area contributed by atoms with Crippen LogP contribution in [-0.4, -0.2) is 22.9 Å². The number of nitrogen functional groups attached to an aromatic ring is 1. The van der Waals surface area contributed by atoms with Crippen LogP contribution < -0.4 is 21.1 Å². The smallest absolute Gasteiger partial charge is 0.323 e. The summed E-state index contributed by atoms with van der Waals surface area (Å²) in [5, 5.41) is 9.88. The Labute approximate surface area is 145 Å². The summed E-state index contributed by atoms with van der Waals surface area (Å²) in [7, 11) is 1.55. The van der Waals surface area contributed by atoms with E-state index in [9.17, 15) is 4.79 Å². The largest absolute Gasteiger partial charge is 0.494 e. The lowest BCUT2D eigenvalue weighted by molar-refractivity contribution is 0.262. The number of nitrogens with one attached hydrogen (secondary N) is 2. The average molecular weight is 337 g/mol. The second-order valence-electron chi connectivity index (χ2n) is 5.45. The Morgan fingerprint density at radius 1 is 1.08 bits per heavy atom. The molecule has 0 unspecified atom stereocenters. The number of benzene rings is 2. The van der Waals surface area contributed by atoms with Gasteiger partial charge in [-0.3, -0.25) is 0 Å². The molecule has 1 heterocycles. The molecule has 7 heteroatoms. The highest BCUT2D eigenvalue weighted by molar-refractivity contribution is 5.99. The third-order valence-electron chi connectivity index (χ3n) is 3.56. The van der Waals surface area contributed by atoms with E-state index in [-0.39, 0.29) is 6.03 Å². The Balaban J connectivity index is 1.79. The molecule has 0 saturated heterocycles. The average Bonchev–Trinajstić information content (AvgIpc) is 2.93. The number of urea groups is 1. The first-order valence-electron chi connectivity index (χ1n) is 7.70. The minimum Gasteiger partial charge on any atom is -0.494 e. The number of ether oxygens (including phenoxy) is 1. The molecule has 0 aliphatic heterocycles. The molecule has 25 heavy (non-hydrogen) atoms. The lowest BCUT2D eigenvalue weighted by atomic mass is 10.2. The zero-order valence-electron chi connectivity index (χ0n) is 14.0. The Morgan fingerprint density at radius 3 is 2.44 bits per heavy atom. The Hall–Kier alpha value is -3.48. The molecule has 4 N–H and O–H groups in total. The van der Waals surface area contributed by atoms with Gasteiger partial charge in [-0.2, -0.15) is 5.10 Å². The maximum absolute atomic E-state index is 12.1. The van der Waals surface area contributed by atoms with Crippen molar-refractivity contribution in [2.75, 3.05) is 23.5 Å². The fraction of sp³-hybridized carbons (Fsp3) is 0.111. The molecule has 2 amide bonds. The van der Waals surface area contributed by atoms with Crippen LogP contribution in [0.15, 0.2) is 54.6 Å². The molecule has 3 rings (SSSR count). The maximum Gasteiger partial charge on any atom is 0.323 e. The van der Waals surface area contributed by atoms with E-state index in [1.54, 1.807) is 36.1 Å². The van der Waals surface area contributed by atoms with Crippen molar-refractivity contribution in [3.05, 3.63) is 60.3 Å². The fourth-order valence-corrected chi connectivity index (χ4v) is 2.46. The molecule has 0 atom stereocenters. The van der Waals surface area contributed by atoms with Gasteiger partial charge in [0.15, 0.2) is 0 Å². The topological polar surface area (TPSA) is 94.2 Å². The molecule has 1 aromatic heterocycles. The first-order chi connectivity index (χ1) is 12.1. The molecule has 0 saturated carbocycles. The van der Waals surface area contributed by atoms with Gasteiger partial charge in [0.05, 0.1) is 12.8 Å². The van der Waals surface area contributed by atoms with Gasteiger partial charge in [0.2, 0.25) is 0 Å². The van der Waals surface area contributed by atoms with Gasteiger partial charge >= 0.3 is 6.03 Å². The maximum atomic E-state index is 12.1. The van der Waals surface area contributed by atoms with Gasteiger partial charge in [-0.15, -0.1) is 0 Å². The van der Waals surface area contributed by atoms with Crippen LogP contribution in [0.25, 0.3) is 5.69 Å². The number of carbonyl (C=O) groups excluding carboxylic acids is 1. The molecular formula is C18H19N5O2. The number of anilines is 3. The summed E-state index contributed by atoms with van der Waals surface area (Å²) in [5.74, 6) is 1.06. The summed E-state index contributed by atoms with van der Waals surface area (Å²) >= 11 is 0. The Bertz CT molecular complexity index is 890. The van der Waals surface area contributed by atoms with Crippen molar-refractivity contribution < 1.29 is 9.53 Å². The number of hydrogen-bond donors (Lipinski definition) is 3. The van der Waals surface area contributed by atoms with Crippen molar-refractivity contribution in [1.82, 2.24) is 9.78 Å². The molecule has 0 radical (unpaired) electrons. The molecule has 0 bridgehead atoms. The molecule has 7 nitrogen and oxygen atoms in total. The van der Waals surface area contributed by atoms with E-state index in [1.807, 2.05) is 37.3 Å². The molecular weight excluding hydrogens is 318 g/mol. The number of nitrogens with zero attached hydrogens (tertiary/aromatic N) is 2. The van der Waals surface area contributed by atoms with Crippen LogP contribution in [0.4, 0.5) is 22.0 Å². The zero-order valence-corrected chi connectivity index (χ0v) is 14.0. The van der Waals surface area contributed by atoms with Gasteiger partial charge in [-0.1, -0.05) is 18.2 Å². The number of aryl methyl sites for hydroxylation is 1. The predicted molar refractivity (Wildman–Crippen MR) is 98.3 cm³/mol. The molecule has 0 fully saturated rings. The van der Waals surface area contributed by atoms with Crippen LogP contribution in [0.2, 0.25) is 0 Å². The number of amides is 2. The van der Waals surface area contributed by atoms with Crippen molar-refractivity contribution >= 4 is 23.2 Å². The monoisotopic (exact) mass is 337 g/mol. The zero-order chi connectivity index (χ0) is 17.8. The van der Waals surface area contributed by atoms with Crippen LogP contribution in [-0.2, 0) is 0 Å². The van der Waals surface area contributed by atoms with Gasteiger partial charge < -0.3 is 21.1 Å². The van der Waals surface area contributed by atoms with E-state index in [1.165, 1.54) is 0 Å². The molecule has 3 aromatic rings. The first kappa shape index (κ1) is 16.4. The highest BCUT2D eigenvalue weighted by Crippen LogP contribution is 2.28. The molecule has 0 spiro atoms. The van der Waals surface area contributed by atoms with Crippen LogP contribution in [0.5, 0.6) is 5.75 Å². The first-order valence-corrected chi connectivity index (χ1v) is 7.70. The molecule has 2 aromatic carbocycles. The van der Waals surface area contributed by atoms with Crippen LogP contribution in [0, 0.1) is 6.92 Å². The normalized spacial score (nSPS) is 10.3. The number of rotatable bonds is 4. The van der Waals surface area contributed by atoms with Crippen molar-refractivity contribution in [2.24, 2.45) is 0 Å². The third kappa shape index (κ3) is 3.72. The number of aromatic nitrogens is 2. The van der Waals surface area contributed by atoms with E-state index in [0.29, 0.717) is 28.6 Å². The van der Waals surface area contributed by atoms with Gasteiger partial charge in [0.25, 0.3) is 0 Å². The summed E-state index contributed by atoms with van der Waals surface area (Å²) < 4.78 is 7.02. The van der Waals surface area contributed by atoms with E-state index in [4.69, 9.17) is 10.5 Å². The highest BCUT2D eigenvalue weighted by Gasteiger charge is 2.12. The minimum atomic E-state index is -0.338. The number of hydrogen-bond acceptors (Lipinski definition) is 4. The van der Waals surface area contributed by atoms with E-state index in [0.717, 1.165) is 5.69 Å². The SMILES string of the molecule is COc1cc(NC(=O)Nc2ccccc2)ccc1-n1nc(C)cc1N. The lowest BCUT2D eigenvalue weighted by Crippen LogP contribution is -2.19. The van der Waals surface area contributed by atoms with Crippen LogP contribution >= 0.6 is 0 Å². The summed E-state index contributed by atoms with van der Waals surface area (Å²) in [5.41, 5.74) is 8.78. The van der Waals surface area contributed by atoms with E-state index >= 15 is 0 Å². The quantitative estimate of drug-likeness (QED) is 0.680. The summed E-state index contributed by atoms with van der Waals surface area (Å²) in [4.78, 5) is 12.1. The molecule has 0 aliphatic rings. The number of nitrogens with two attached hydrogens (primary N) is 1. The second kappa shape index (κ2) is 6.96. The standard InChI is InChI=1S/C18H19N5O2/c1-12-10-17(19)23(22-12)15-9-8-14(11-16(15)25-2)21-18(24)20-13-6-4-3-5-7-13/h3-11H,19H2,1-2H3,(H2,20,21,24). The fourth-order valence-electron chi connectivity index (χ4n) is 2.46. The predicted octanol–water partition coefficient (Wildman–Crippen LogP) is 3.42. The number of para-hydroxylation sites is 1. The van der Waals surface area contributed by atoms with Crippen LogP contribution in [0.1, 0.15) is 5.69 Å².